The molecule has 0 saturated carbocycles. The molecule has 0 fully saturated rings. The molecule has 0 aromatic rings. The monoisotopic (exact) mass is 137 g/mol. The highest BCUT2D eigenvalue weighted by molar-refractivity contribution is 5.83. The van der Waals surface area contributed by atoms with Crippen molar-refractivity contribution in [2.24, 2.45) is 0 Å². The summed E-state index contributed by atoms with van der Waals surface area (Å²) >= 11 is 0. The molecule has 0 spiro atoms. The van der Waals surface area contributed by atoms with Crippen molar-refractivity contribution in [3.05, 3.63) is 23.9 Å². The van der Waals surface area contributed by atoms with Crippen molar-refractivity contribution >= 4 is 5.91 Å². The molecule has 0 aliphatic carbocycles. The molecule has 0 saturated heterocycles. The molecule has 1 aliphatic rings. The van der Waals surface area contributed by atoms with Gasteiger partial charge in [-0.25, -0.2) is 0 Å². The predicted octanol–water partition coefficient (Wildman–Crippen LogP) is 1.36. The number of hydrogen-bond donors (Lipinski definition) is 1. The van der Waals surface area contributed by atoms with Crippen molar-refractivity contribution in [3.63, 3.8) is 0 Å². The van der Waals surface area contributed by atoms with Gasteiger partial charge in [-0.05, 0) is 12.5 Å². The fourth-order valence-electron chi connectivity index (χ4n) is 0.820. The third-order valence-corrected chi connectivity index (χ3v) is 1.32. The number of amides is 1. The molecule has 0 aromatic carbocycles. The average Bonchev–Trinajstić information content (AvgIpc) is 2.31. The summed E-state index contributed by atoms with van der Waals surface area (Å²) in [5, 5.41) is 2.72. The smallest absolute Gasteiger partial charge is 0.228 e. The second-order valence-electron chi connectivity index (χ2n) is 2.22. The maximum Gasteiger partial charge on any atom is 0.228 e. The third-order valence-electron chi connectivity index (χ3n) is 1.32. The highest BCUT2D eigenvalue weighted by Gasteiger charge is 2.07. The molecule has 1 aliphatic heterocycles. The van der Waals surface area contributed by atoms with E-state index in [4.69, 9.17) is 0 Å². The fourth-order valence-corrected chi connectivity index (χ4v) is 0.820. The Morgan fingerprint density at radius 3 is 3.10 bits per heavy atom. The van der Waals surface area contributed by atoms with Crippen molar-refractivity contribution in [2.45, 2.75) is 19.8 Å². The molecule has 0 aromatic heterocycles. The molecular formula is C8H11NO. The van der Waals surface area contributed by atoms with Crippen LogP contribution >= 0.6 is 0 Å². The molecule has 1 amide bonds. The molecule has 0 atom stereocenters. The quantitative estimate of drug-likeness (QED) is 0.611. The van der Waals surface area contributed by atoms with E-state index in [1.165, 1.54) is 0 Å². The summed E-state index contributed by atoms with van der Waals surface area (Å²) in [4.78, 5) is 10.6. The summed E-state index contributed by atoms with van der Waals surface area (Å²) in [6.07, 6.45) is 7.40. The highest BCUT2D eigenvalue weighted by atomic mass is 16.1. The van der Waals surface area contributed by atoms with Crippen LogP contribution in [0.15, 0.2) is 23.9 Å². The lowest BCUT2D eigenvalue weighted by atomic mass is 10.3. The summed E-state index contributed by atoms with van der Waals surface area (Å²) in [5.41, 5.74) is 0.937. The minimum absolute atomic E-state index is 0.0933. The van der Waals surface area contributed by atoms with E-state index in [9.17, 15) is 4.79 Å². The summed E-state index contributed by atoms with van der Waals surface area (Å²) in [6, 6.07) is 0. The van der Waals surface area contributed by atoms with E-state index in [0.717, 1.165) is 12.1 Å². The predicted molar refractivity (Wildman–Crippen MR) is 40.3 cm³/mol. The van der Waals surface area contributed by atoms with Gasteiger partial charge in [-0.2, -0.15) is 0 Å². The number of rotatable bonds is 2. The Balaban J connectivity index is 2.44. The number of nitrogens with one attached hydrogen (secondary N) is 1. The van der Waals surface area contributed by atoms with Gasteiger partial charge in [-0.15, -0.1) is 0 Å². The van der Waals surface area contributed by atoms with Crippen LogP contribution in [0.4, 0.5) is 0 Å². The van der Waals surface area contributed by atoms with Gasteiger partial charge in [0.05, 0.1) is 0 Å². The van der Waals surface area contributed by atoms with Crippen molar-refractivity contribution in [3.8, 4) is 0 Å². The number of allylic oxidation sites excluding steroid dienone is 2. The number of carbonyl (C=O) groups is 1. The second-order valence-corrected chi connectivity index (χ2v) is 2.22. The first-order chi connectivity index (χ1) is 4.83. The van der Waals surface area contributed by atoms with E-state index in [1.807, 2.05) is 18.2 Å². The zero-order valence-corrected chi connectivity index (χ0v) is 6.05. The first-order valence-corrected chi connectivity index (χ1v) is 3.49. The standard InChI is InChI=1S/C8H11NO/c1-2-3-4-7-5-6-8(10)9-7/h3-5H,2,6H2,1H3,(H,9,10). The lowest BCUT2D eigenvalue weighted by Gasteiger charge is -1.92. The Bertz CT molecular complexity index is 191. The van der Waals surface area contributed by atoms with E-state index < -0.39 is 0 Å². The van der Waals surface area contributed by atoms with Crippen LogP contribution in [-0.4, -0.2) is 5.91 Å². The zero-order valence-electron chi connectivity index (χ0n) is 6.05. The van der Waals surface area contributed by atoms with Crippen LogP contribution in [0.5, 0.6) is 0 Å². The fraction of sp³-hybridized carbons (Fsp3) is 0.375. The minimum Gasteiger partial charge on any atom is -0.326 e. The maximum absolute atomic E-state index is 10.6. The van der Waals surface area contributed by atoms with E-state index in [0.29, 0.717) is 6.42 Å². The number of hydrogen-bond acceptors (Lipinski definition) is 1. The van der Waals surface area contributed by atoms with Crippen molar-refractivity contribution < 1.29 is 4.79 Å². The molecule has 1 N–H and O–H groups in total. The Hall–Kier alpha value is -1.05. The zero-order chi connectivity index (χ0) is 7.40. The second kappa shape index (κ2) is 3.20. The van der Waals surface area contributed by atoms with Crippen molar-refractivity contribution in [1.29, 1.82) is 0 Å². The van der Waals surface area contributed by atoms with Crippen LogP contribution < -0.4 is 5.32 Å². The van der Waals surface area contributed by atoms with Gasteiger partial charge in [0.1, 0.15) is 0 Å². The topological polar surface area (TPSA) is 29.1 Å². The van der Waals surface area contributed by atoms with Gasteiger partial charge in [-0.1, -0.05) is 19.1 Å². The molecule has 1 heterocycles. The van der Waals surface area contributed by atoms with E-state index in [2.05, 4.69) is 12.2 Å². The molecule has 1 rings (SSSR count). The summed E-state index contributed by atoms with van der Waals surface area (Å²) in [7, 11) is 0. The SMILES string of the molecule is CCC=CC1=CCC(=O)N1. The van der Waals surface area contributed by atoms with Gasteiger partial charge >= 0.3 is 0 Å². The van der Waals surface area contributed by atoms with E-state index in [1.54, 1.807) is 0 Å². The van der Waals surface area contributed by atoms with Gasteiger partial charge < -0.3 is 5.32 Å². The van der Waals surface area contributed by atoms with E-state index >= 15 is 0 Å². The van der Waals surface area contributed by atoms with Crippen molar-refractivity contribution in [2.75, 3.05) is 0 Å². The molecule has 0 unspecified atom stereocenters. The molecule has 10 heavy (non-hydrogen) atoms. The maximum atomic E-state index is 10.6. The van der Waals surface area contributed by atoms with Crippen LogP contribution in [0, 0.1) is 0 Å². The van der Waals surface area contributed by atoms with Gasteiger partial charge in [0.2, 0.25) is 5.91 Å². The molecular weight excluding hydrogens is 126 g/mol. The molecule has 0 bridgehead atoms. The van der Waals surface area contributed by atoms with Crippen LogP contribution in [0.3, 0.4) is 0 Å². The number of carbonyl (C=O) groups excluding carboxylic acids is 1. The molecule has 0 radical (unpaired) electrons. The van der Waals surface area contributed by atoms with Gasteiger partial charge in [0.15, 0.2) is 0 Å². The van der Waals surface area contributed by atoms with Gasteiger partial charge in [0, 0.05) is 12.1 Å². The van der Waals surface area contributed by atoms with Crippen LogP contribution in [-0.2, 0) is 4.79 Å². The Morgan fingerprint density at radius 2 is 2.60 bits per heavy atom. The van der Waals surface area contributed by atoms with Crippen molar-refractivity contribution in [1.82, 2.24) is 5.32 Å². The first kappa shape index (κ1) is 7.06. The van der Waals surface area contributed by atoms with Crippen LogP contribution in [0.2, 0.25) is 0 Å². The van der Waals surface area contributed by atoms with Gasteiger partial charge in [0.25, 0.3) is 0 Å². The first-order valence-electron chi connectivity index (χ1n) is 3.49. The molecule has 2 heteroatoms. The van der Waals surface area contributed by atoms with Crippen LogP contribution in [0.25, 0.3) is 0 Å². The third kappa shape index (κ3) is 1.72. The lowest BCUT2D eigenvalue weighted by Crippen LogP contribution is -2.13. The van der Waals surface area contributed by atoms with Gasteiger partial charge in [-0.3, -0.25) is 4.79 Å². The largest absolute Gasteiger partial charge is 0.326 e. The van der Waals surface area contributed by atoms with E-state index in [-0.39, 0.29) is 5.91 Å². The molecule has 54 valence electrons. The summed E-state index contributed by atoms with van der Waals surface area (Å²) in [6.45, 7) is 2.06. The molecule has 2 nitrogen and oxygen atoms in total. The normalized spacial score (nSPS) is 17.7. The van der Waals surface area contributed by atoms with Crippen LogP contribution in [0.1, 0.15) is 19.8 Å². The summed E-state index contributed by atoms with van der Waals surface area (Å²) in [5.74, 6) is 0.0933. The Labute approximate surface area is 60.6 Å². The minimum atomic E-state index is 0.0933. The summed E-state index contributed by atoms with van der Waals surface area (Å²) < 4.78 is 0. The highest BCUT2D eigenvalue weighted by Crippen LogP contribution is 2.03. The average molecular weight is 137 g/mol. The lowest BCUT2D eigenvalue weighted by molar-refractivity contribution is -0.118. The Kier molecular flexibility index (Phi) is 2.26. The Morgan fingerprint density at radius 1 is 1.80 bits per heavy atom.